The van der Waals surface area contributed by atoms with E-state index in [2.05, 4.69) is 23.6 Å². The third-order valence-electron chi connectivity index (χ3n) is 4.65. The van der Waals surface area contributed by atoms with Gasteiger partial charge in [0.2, 0.25) is 0 Å². The summed E-state index contributed by atoms with van der Waals surface area (Å²) in [6.07, 6.45) is 2.68. The monoisotopic (exact) mass is 332 g/mol. The van der Waals surface area contributed by atoms with Gasteiger partial charge in [0.25, 0.3) is 0 Å². The third kappa shape index (κ3) is 3.66. The lowest BCUT2D eigenvalue weighted by atomic mass is 9.94. The van der Waals surface area contributed by atoms with Gasteiger partial charge in [-0.05, 0) is 50.6 Å². The van der Waals surface area contributed by atoms with Gasteiger partial charge in [-0.15, -0.1) is 0 Å². The number of halogens is 1. The minimum absolute atomic E-state index is 0.131. The van der Waals surface area contributed by atoms with E-state index in [0.717, 1.165) is 12.0 Å². The van der Waals surface area contributed by atoms with Gasteiger partial charge in [0.15, 0.2) is 17.3 Å². The number of hydrogen-bond donors (Lipinski definition) is 0. The van der Waals surface area contributed by atoms with Crippen molar-refractivity contribution in [3.63, 3.8) is 0 Å². The van der Waals surface area contributed by atoms with Gasteiger partial charge in [0.05, 0.1) is 25.6 Å². The van der Waals surface area contributed by atoms with Gasteiger partial charge in [0, 0.05) is 12.0 Å². The molecule has 1 aliphatic carbocycles. The molecule has 0 radical (unpaired) electrons. The average molecular weight is 332 g/mol. The van der Waals surface area contributed by atoms with E-state index in [4.69, 9.17) is 9.47 Å². The van der Waals surface area contributed by atoms with Crippen LogP contribution in [0.25, 0.3) is 0 Å². The summed E-state index contributed by atoms with van der Waals surface area (Å²) in [5, 5.41) is 0. The number of hydrogen-bond acceptors (Lipinski definition) is 4. The molecule has 1 fully saturated rings. The Bertz CT molecular complexity index is 669. The molecule has 1 aliphatic rings. The van der Waals surface area contributed by atoms with Crippen molar-refractivity contribution in [2.75, 3.05) is 20.3 Å². The highest BCUT2D eigenvalue weighted by Crippen LogP contribution is 2.55. The Kier molecular flexibility index (Phi) is 5.75. The predicted molar refractivity (Wildman–Crippen MR) is 95.6 cm³/mol. The van der Waals surface area contributed by atoms with Crippen LogP contribution in [0, 0.1) is 11.7 Å². The van der Waals surface area contributed by atoms with E-state index in [9.17, 15) is 4.39 Å². The number of allylic oxidation sites excluding steroid dienone is 2. The molecule has 1 aromatic rings. The van der Waals surface area contributed by atoms with Crippen LogP contribution in [-0.4, -0.2) is 33.2 Å². The van der Waals surface area contributed by atoms with Crippen molar-refractivity contribution in [3.05, 3.63) is 41.0 Å². The smallest absolute Gasteiger partial charge is 0.165 e. The third-order valence-corrected chi connectivity index (χ3v) is 4.65. The topological polar surface area (TPSA) is 43.2 Å². The number of benzene rings is 1. The SMILES string of the molecule is C=N/C(C)=C(\C=NCC)OC[C@@]1(c2ccc(F)c(OC)c2)C[C@H]1C. The molecule has 2 rings (SSSR count). The molecule has 5 heteroatoms. The van der Waals surface area contributed by atoms with Gasteiger partial charge < -0.3 is 9.47 Å². The fourth-order valence-corrected chi connectivity index (χ4v) is 2.84. The molecular formula is C19H25FN2O2. The van der Waals surface area contributed by atoms with Gasteiger partial charge in [-0.2, -0.15) is 0 Å². The maximum atomic E-state index is 13.7. The minimum atomic E-state index is -0.354. The molecule has 24 heavy (non-hydrogen) atoms. The van der Waals surface area contributed by atoms with E-state index in [1.807, 2.05) is 19.9 Å². The molecule has 4 nitrogen and oxygen atoms in total. The summed E-state index contributed by atoms with van der Waals surface area (Å²) >= 11 is 0. The Morgan fingerprint density at radius 3 is 2.75 bits per heavy atom. The summed E-state index contributed by atoms with van der Waals surface area (Å²) in [6, 6.07) is 5.03. The van der Waals surface area contributed by atoms with Crippen LogP contribution < -0.4 is 4.74 Å². The first-order valence-electron chi connectivity index (χ1n) is 8.12. The molecule has 2 atom stereocenters. The van der Waals surface area contributed by atoms with E-state index < -0.39 is 0 Å². The zero-order valence-electron chi connectivity index (χ0n) is 14.8. The van der Waals surface area contributed by atoms with Crippen molar-refractivity contribution in [1.29, 1.82) is 0 Å². The summed E-state index contributed by atoms with van der Waals surface area (Å²) in [5.41, 5.74) is 1.60. The maximum absolute atomic E-state index is 13.7. The molecule has 0 amide bonds. The van der Waals surface area contributed by atoms with Gasteiger partial charge in [-0.3, -0.25) is 9.98 Å². The Labute approximate surface area is 143 Å². The van der Waals surface area contributed by atoms with E-state index in [0.29, 0.717) is 30.5 Å². The molecule has 0 bridgehead atoms. The molecule has 0 unspecified atom stereocenters. The van der Waals surface area contributed by atoms with Crippen LogP contribution in [0.4, 0.5) is 4.39 Å². The maximum Gasteiger partial charge on any atom is 0.165 e. The molecule has 1 aromatic carbocycles. The van der Waals surface area contributed by atoms with Crippen molar-refractivity contribution in [3.8, 4) is 5.75 Å². The predicted octanol–water partition coefficient (Wildman–Crippen LogP) is 4.15. The second kappa shape index (κ2) is 7.60. The van der Waals surface area contributed by atoms with E-state index >= 15 is 0 Å². The van der Waals surface area contributed by atoms with E-state index in [1.165, 1.54) is 13.2 Å². The zero-order chi connectivity index (χ0) is 17.7. The van der Waals surface area contributed by atoms with Gasteiger partial charge >= 0.3 is 0 Å². The zero-order valence-corrected chi connectivity index (χ0v) is 14.8. The van der Waals surface area contributed by atoms with Crippen LogP contribution >= 0.6 is 0 Å². The summed E-state index contributed by atoms with van der Waals surface area (Å²) in [7, 11) is 1.48. The summed E-state index contributed by atoms with van der Waals surface area (Å²) in [6.45, 7) is 10.7. The lowest BCUT2D eigenvalue weighted by molar-refractivity contribution is 0.193. The Morgan fingerprint density at radius 1 is 1.50 bits per heavy atom. The summed E-state index contributed by atoms with van der Waals surface area (Å²) < 4.78 is 24.8. The fraction of sp³-hybridized carbons (Fsp3) is 0.474. The van der Waals surface area contributed by atoms with Gasteiger partial charge in [0.1, 0.15) is 0 Å². The van der Waals surface area contributed by atoms with Crippen LogP contribution in [0.3, 0.4) is 0 Å². The molecule has 0 heterocycles. The van der Waals surface area contributed by atoms with Gasteiger partial charge in [-0.1, -0.05) is 13.0 Å². The van der Waals surface area contributed by atoms with Crippen LogP contribution in [0.15, 0.2) is 39.6 Å². The van der Waals surface area contributed by atoms with Crippen molar-refractivity contribution in [2.24, 2.45) is 15.9 Å². The number of nitrogens with zero attached hydrogens (tertiary/aromatic N) is 2. The lowest BCUT2D eigenvalue weighted by Gasteiger charge is -2.20. The number of methoxy groups -OCH3 is 1. The van der Waals surface area contributed by atoms with E-state index in [1.54, 1.807) is 12.3 Å². The van der Waals surface area contributed by atoms with Crippen LogP contribution in [0.2, 0.25) is 0 Å². The molecule has 130 valence electrons. The number of ether oxygens (including phenoxy) is 2. The molecule has 0 aromatic heterocycles. The Morgan fingerprint density at radius 2 is 2.21 bits per heavy atom. The van der Waals surface area contributed by atoms with Crippen molar-refractivity contribution < 1.29 is 13.9 Å². The molecular weight excluding hydrogens is 307 g/mol. The minimum Gasteiger partial charge on any atom is -0.494 e. The largest absolute Gasteiger partial charge is 0.494 e. The highest BCUT2D eigenvalue weighted by molar-refractivity contribution is 5.77. The highest BCUT2D eigenvalue weighted by Gasteiger charge is 2.53. The Hall–Kier alpha value is -2.17. The Balaban J connectivity index is 2.23. The molecule has 0 aliphatic heterocycles. The summed E-state index contributed by atoms with van der Waals surface area (Å²) in [5.74, 6) is 0.986. The van der Waals surface area contributed by atoms with Crippen molar-refractivity contribution in [2.45, 2.75) is 32.6 Å². The summed E-state index contributed by atoms with van der Waals surface area (Å²) in [4.78, 5) is 8.17. The second-order valence-corrected chi connectivity index (χ2v) is 6.13. The first kappa shape index (κ1) is 18.2. The number of rotatable bonds is 8. The molecule has 1 saturated carbocycles. The first-order chi connectivity index (χ1) is 11.5. The van der Waals surface area contributed by atoms with Crippen LogP contribution in [0.5, 0.6) is 5.75 Å². The van der Waals surface area contributed by atoms with Crippen LogP contribution in [0.1, 0.15) is 32.8 Å². The molecule has 0 spiro atoms. The number of aliphatic imine (C=N–C) groups is 2. The molecule has 0 N–H and O–H groups in total. The highest BCUT2D eigenvalue weighted by atomic mass is 19.1. The quantitative estimate of drug-likeness (QED) is 0.530. The molecule has 0 saturated heterocycles. The van der Waals surface area contributed by atoms with Crippen LogP contribution in [-0.2, 0) is 10.2 Å². The average Bonchev–Trinajstić information content (AvgIpc) is 3.25. The second-order valence-electron chi connectivity index (χ2n) is 6.13. The van der Waals surface area contributed by atoms with Crippen molar-refractivity contribution >= 4 is 12.9 Å². The standard InChI is InChI=1S/C19H25FN2O2/c1-6-22-11-18(14(3)21-4)24-12-19(10-13(19)2)15-7-8-16(20)17(9-15)23-5/h7-9,11,13H,4,6,10,12H2,1-3,5H3/b18-14+,22-11?/t13-,19+/m1/s1. The normalized spacial score (nSPS) is 23.8. The fourth-order valence-electron chi connectivity index (χ4n) is 2.84. The first-order valence-corrected chi connectivity index (χ1v) is 8.12. The van der Waals surface area contributed by atoms with Gasteiger partial charge in [-0.25, -0.2) is 4.39 Å². The van der Waals surface area contributed by atoms with E-state index in [-0.39, 0.29) is 17.0 Å². The van der Waals surface area contributed by atoms with Crippen molar-refractivity contribution in [1.82, 2.24) is 0 Å². The lowest BCUT2D eigenvalue weighted by Crippen LogP contribution is -2.18.